The summed E-state index contributed by atoms with van der Waals surface area (Å²) >= 11 is 8.40. The molecule has 0 atom stereocenters. The van der Waals surface area contributed by atoms with E-state index in [1.54, 1.807) is 6.07 Å². The van der Waals surface area contributed by atoms with Gasteiger partial charge in [0.15, 0.2) is 0 Å². The summed E-state index contributed by atoms with van der Waals surface area (Å²) in [4.78, 5) is 13.3. The molecule has 0 saturated carbocycles. The number of halogens is 2. The molecule has 0 spiro atoms. The van der Waals surface area contributed by atoms with Crippen LogP contribution in [0.15, 0.2) is 47.8 Å². The Bertz CT molecular complexity index is 898. The summed E-state index contributed by atoms with van der Waals surface area (Å²) in [7, 11) is 0. The minimum absolute atomic E-state index is 0.374. The van der Waals surface area contributed by atoms with Gasteiger partial charge in [-0.15, -0.1) is 11.3 Å². The highest BCUT2D eigenvalue weighted by atomic mass is 79.9. The first-order valence-electron chi connectivity index (χ1n) is 7.25. The molecule has 120 valence electrons. The fourth-order valence-corrected chi connectivity index (χ4v) is 4.05. The number of thiophene rings is 1. The van der Waals surface area contributed by atoms with Gasteiger partial charge in [0.25, 0.3) is 0 Å². The number of rotatable bonds is 5. The minimum Gasteiger partial charge on any atom is -0.492 e. The summed E-state index contributed by atoms with van der Waals surface area (Å²) in [6.45, 7) is 2.68. The van der Waals surface area contributed by atoms with Gasteiger partial charge in [-0.05, 0) is 52.7 Å². The van der Waals surface area contributed by atoms with E-state index in [0.717, 1.165) is 31.4 Å². The molecule has 3 rings (SSSR count). The average Bonchev–Trinajstić information content (AvgIpc) is 2.94. The van der Waals surface area contributed by atoms with Crippen molar-refractivity contribution in [2.75, 3.05) is 6.61 Å². The first-order valence-corrected chi connectivity index (χ1v) is 9.65. The maximum atomic E-state index is 12.5. The fraction of sp³-hybridized carbons (Fsp3) is 0.235. The molecule has 0 N–H and O–H groups in total. The first-order chi connectivity index (χ1) is 11.1. The van der Waals surface area contributed by atoms with Crippen LogP contribution in [-0.4, -0.2) is 6.61 Å². The van der Waals surface area contributed by atoms with Crippen LogP contribution in [0.2, 0.25) is 0 Å². The second kappa shape index (κ2) is 7.20. The van der Waals surface area contributed by atoms with Crippen molar-refractivity contribution < 1.29 is 9.15 Å². The van der Waals surface area contributed by atoms with Gasteiger partial charge in [-0.2, -0.15) is 0 Å². The van der Waals surface area contributed by atoms with Gasteiger partial charge < -0.3 is 9.15 Å². The Morgan fingerprint density at radius 3 is 2.74 bits per heavy atom. The van der Waals surface area contributed by atoms with Crippen LogP contribution in [0.4, 0.5) is 0 Å². The SMILES string of the molecule is CCCCOc1c(-c2ccc(Br)s2)c(=O)oc2ccc(Br)cc12. The van der Waals surface area contributed by atoms with Crippen molar-refractivity contribution in [2.24, 2.45) is 0 Å². The Balaban J connectivity index is 2.25. The van der Waals surface area contributed by atoms with Gasteiger partial charge in [0.1, 0.15) is 16.9 Å². The monoisotopic (exact) mass is 456 g/mol. The first kappa shape index (κ1) is 16.7. The van der Waals surface area contributed by atoms with Crippen LogP contribution in [-0.2, 0) is 0 Å². The summed E-state index contributed by atoms with van der Waals surface area (Å²) in [5.74, 6) is 0.598. The van der Waals surface area contributed by atoms with Crippen LogP contribution in [0.3, 0.4) is 0 Å². The molecule has 1 aromatic carbocycles. The van der Waals surface area contributed by atoms with Crippen molar-refractivity contribution in [1.82, 2.24) is 0 Å². The maximum Gasteiger partial charge on any atom is 0.348 e. The standard InChI is InChI=1S/C17H14Br2O3S/c1-2-3-8-21-16-11-9-10(18)4-5-12(11)22-17(20)15(16)13-6-7-14(19)23-13/h4-7,9H,2-3,8H2,1H3. The number of ether oxygens (including phenoxy) is 1. The molecule has 0 bridgehead atoms. The molecule has 2 heterocycles. The van der Waals surface area contributed by atoms with Crippen molar-refractivity contribution in [3.8, 4) is 16.2 Å². The third-order valence-corrected chi connectivity index (χ3v) is 5.52. The molecule has 0 aliphatic rings. The van der Waals surface area contributed by atoms with Crippen molar-refractivity contribution in [3.63, 3.8) is 0 Å². The largest absolute Gasteiger partial charge is 0.492 e. The summed E-state index contributed by atoms with van der Waals surface area (Å²) < 4.78 is 13.4. The molecule has 0 aliphatic heterocycles. The normalized spacial score (nSPS) is 11.1. The van der Waals surface area contributed by atoms with E-state index in [4.69, 9.17) is 9.15 Å². The van der Waals surface area contributed by atoms with Gasteiger partial charge >= 0.3 is 5.63 Å². The molecule has 0 fully saturated rings. The van der Waals surface area contributed by atoms with E-state index in [9.17, 15) is 4.79 Å². The number of hydrogen-bond donors (Lipinski definition) is 0. The molecule has 0 aliphatic carbocycles. The van der Waals surface area contributed by atoms with E-state index in [2.05, 4.69) is 38.8 Å². The topological polar surface area (TPSA) is 39.4 Å². The van der Waals surface area contributed by atoms with E-state index in [-0.39, 0.29) is 5.63 Å². The third-order valence-electron chi connectivity index (χ3n) is 3.38. The molecule has 0 radical (unpaired) electrons. The van der Waals surface area contributed by atoms with E-state index < -0.39 is 0 Å². The number of benzene rings is 1. The van der Waals surface area contributed by atoms with Gasteiger partial charge in [-0.3, -0.25) is 0 Å². The minimum atomic E-state index is -0.374. The van der Waals surface area contributed by atoms with Gasteiger partial charge in [-0.25, -0.2) is 4.79 Å². The van der Waals surface area contributed by atoms with Gasteiger partial charge in [0, 0.05) is 9.35 Å². The van der Waals surface area contributed by atoms with Crippen LogP contribution in [0, 0.1) is 0 Å². The second-order valence-corrected chi connectivity index (χ2v) is 8.42. The second-order valence-electron chi connectivity index (χ2n) is 5.04. The van der Waals surface area contributed by atoms with Crippen LogP contribution >= 0.6 is 43.2 Å². The van der Waals surface area contributed by atoms with Gasteiger partial charge in [-0.1, -0.05) is 29.3 Å². The number of fused-ring (bicyclic) bond motifs is 1. The Kier molecular flexibility index (Phi) is 5.24. The Hall–Kier alpha value is -1.11. The van der Waals surface area contributed by atoms with E-state index in [1.165, 1.54) is 11.3 Å². The summed E-state index contributed by atoms with van der Waals surface area (Å²) in [6.07, 6.45) is 1.96. The molecule has 6 heteroatoms. The van der Waals surface area contributed by atoms with Crippen molar-refractivity contribution in [1.29, 1.82) is 0 Å². The third kappa shape index (κ3) is 3.54. The van der Waals surface area contributed by atoms with Crippen molar-refractivity contribution >= 4 is 54.2 Å². The molecule has 0 amide bonds. The lowest BCUT2D eigenvalue weighted by Gasteiger charge is -2.12. The van der Waals surface area contributed by atoms with Crippen LogP contribution in [0.1, 0.15) is 19.8 Å². The molecule has 0 saturated heterocycles. The lowest BCUT2D eigenvalue weighted by molar-refractivity contribution is 0.312. The number of unbranched alkanes of at least 4 members (excludes halogenated alkanes) is 1. The molecular formula is C17H14Br2O3S. The highest BCUT2D eigenvalue weighted by molar-refractivity contribution is 9.11. The molecule has 0 unspecified atom stereocenters. The van der Waals surface area contributed by atoms with Crippen molar-refractivity contribution in [2.45, 2.75) is 19.8 Å². The number of hydrogen-bond acceptors (Lipinski definition) is 4. The van der Waals surface area contributed by atoms with E-state index in [0.29, 0.717) is 23.5 Å². The smallest absolute Gasteiger partial charge is 0.348 e. The summed E-state index contributed by atoms with van der Waals surface area (Å²) in [5, 5.41) is 0.801. The van der Waals surface area contributed by atoms with Crippen LogP contribution < -0.4 is 10.4 Å². The molecule has 23 heavy (non-hydrogen) atoms. The zero-order chi connectivity index (χ0) is 16.4. The Morgan fingerprint density at radius 2 is 2.04 bits per heavy atom. The van der Waals surface area contributed by atoms with Crippen LogP contribution in [0.5, 0.6) is 5.75 Å². The highest BCUT2D eigenvalue weighted by Gasteiger charge is 2.19. The quantitative estimate of drug-likeness (QED) is 0.337. The Labute approximate surface area is 154 Å². The van der Waals surface area contributed by atoms with E-state index in [1.807, 2.05) is 24.3 Å². The average molecular weight is 458 g/mol. The Morgan fingerprint density at radius 1 is 1.22 bits per heavy atom. The summed E-state index contributed by atoms with van der Waals surface area (Å²) in [6, 6.07) is 9.37. The zero-order valence-corrected chi connectivity index (χ0v) is 16.4. The van der Waals surface area contributed by atoms with Gasteiger partial charge in [0.05, 0.1) is 15.8 Å². The lowest BCUT2D eigenvalue weighted by Crippen LogP contribution is -2.08. The predicted molar refractivity (Wildman–Crippen MR) is 102 cm³/mol. The maximum absolute atomic E-state index is 12.5. The lowest BCUT2D eigenvalue weighted by atomic mass is 10.1. The van der Waals surface area contributed by atoms with Crippen LogP contribution in [0.25, 0.3) is 21.4 Å². The molecule has 3 aromatic rings. The molecule has 2 aromatic heterocycles. The zero-order valence-electron chi connectivity index (χ0n) is 12.4. The molecular weight excluding hydrogens is 444 g/mol. The summed E-state index contributed by atoms with van der Waals surface area (Å²) in [5.41, 5.74) is 0.646. The van der Waals surface area contributed by atoms with Gasteiger partial charge in [0.2, 0.25) is 0 Å². The van der Waals surface area contributed by atoms with Crippen molar-refractivity contribution in [3.05, 3.63) is 49.0 Å². The predicted octanol–water partition coefficient (Wildman–Crippen LogP) is 6.23. The fourth-order valence-electron chi connectivity index (χ4n) is 2.28. The highest BCUT2D eigenvalue weighted by Crippen LogP contribution is 2.39. The van der Waals surface area contributed by atoms with E-state index >= 15 is 0 Å². The molecule has 3 nitrogen and oxygen atoms in total.